The number of hydrogen-bond donors (Lipinski definition) is 2. The summed E-state index contributed by atoms with van der Waals surface area (Å²) in [6.07, 6.45) is 1.76. The van der Waals surface area contributed by atoms with E-state index in [4.69, 9.17) is 4.74 Å². The monoisotopic (exact) mass is 522 g/mol. The third-order valence-electron chi connectivity index (χ3n) is 4.69. The van der Waals surface area contributed by atoms with Gasteiger partial charge >= 0.3 is 0 Å². The first-order chi connectivity index (χ1) is 13.2. The van der Waals surface area contributed by atoms with Gasteiger partial charge < -0.3 is 27.0 Å². The van der Waals surface area contributed by atoms with Crippen molar-refractivity contribution in [3.05, 3.63) is 59.9 Å². The maximum atomic E-state index is 5.99. The van der Waals surface area contributed by atoms with E-state index >= 15 is 0 Å². The lowest BCUT2D eigenvalue weighted by molar-refractivity contribution is -0.655. The van der Waals surface area contributed by atoms with Crippen LogP contribution in [0.4, 0.5) is 0 Å². The van der Waals surface area contributed by atoms with Gasteiger partial charge in [-0.1, -0.05) is 12.1 Å². The van der Waals surface area contributed by atoms with Gasteiger partial charge in [-0.15, -0.1) is 17.0 Å². The molecule has 0 aliphatic carbocycles. The van der Waals surface area contributed by atoms with Crippen LogP contribution in [0.25, 0.3) is 11.0 Å². The molecule has 3 aromatic rings. The van der Waals surface area contributed by atoms with E-state index in [0.29, 0.717) is 12.6 Å². The van der Waals surface area contributed by atoms with Crippen molar-refractivity contribution in [2.45, 2.75) is 6.61 Å². The lowest BCUT2D eigenvalue weighted by atomic mass is 10.2. The molecule has 2 N–H and O–H groups in total. The highest BCUT2D eigenvalue weighted by Crippen LogP contribution is 2.16. The Labute approximate surface area is 191 Å². The number of rotatable bonds is 5. The molecule has 29 heavy (non-hydrogen) atoms. The predicted molar refractivity (Wildman–Crippen MR) is 116 cm³/mol. The zero-order valence-corrected chi connectivity index (χ0v) is 19.6. The van der Waals surface area contributed by atoms with Crippen molar-refractivity contribution in [2.75, 3.05) is 13.1 Å². The van der Waals surface area contributed by atoms with Crippen LogP contribution in [0.5, 0.6) is 5.75 Å². The number of hydrogen-bond acceptors (Lipinski definition) is 5. The van der Waals surface area contributed by atoms with Crippen LogP contribution in [0, 0.1) is 0 Å². The molecule has 2 aromatic carbocycles. The normalized spacial score (nSPS) is 12.8. The third kappa shape index (κ3) is 5.16. The van der Waals surface area contributed by atoms with Crippen molar-refractivity contribution in [3.8, 4) is 5.75 Å². The molecule has 0 unspecified atom stereocenters. The van der Waals surface area contributed by atoms with E-state index in [-0.39, 0.29) is 34.0 Å². The Morgan fingerprint density at radius 3 is 2.69 bits per heavy atom. The number of para-hydroxylation sites is 2. The second-order valence-corrected chi connectivity index (χ2v) is 6.41. The fraction of sp³-hybridized carbons (Fsp3) is 0.250. The van der Waals surface area contributed by atoms with Crippen LogP contribution in [-0.4, -0.2) is 29.8 Å². The molecule has 4 rings (SSSR count). The first-order valence-corrected chi connectivity index (χ1v) is 8.95. The van der Waals surface area contributed by atoms with E-state index in [2.05, 4.69) is 68.3 Å². The number of hydrazone groups is 1. The maximum Gasteiger partial charge on any atom is 0.295 e. The van der Waals surface area contributed by atoms with Crippen LogP contribution in [-0.2, 0) is 20.7 Å². The number of ether oxygens (including phenoxy) is 1. The Morgan fingerprint density at radius 2 is 2.00 bits per heavy atom. The quantitative estimate of drug-likeness (QED) is 0.257. The molecule has 154 valence electrons. The van der Waals surface area contributed by atoms with Gasteiger partial charge in [0.25, 0.3) is 5.82 Å². The highest BCUT2D eigenvalue weighted by Gasteiger charge is 2.19. The van der Waals surface area contributed by atoms with Crippen molar-refractivity contribution in [1.82, 2.24) is 15.3 Å². The van der Waals surface area contributed by atoms with Crippen molar-refractivity contribution >= 4 is 40.2 Å². The van der Waals surface area contributed by atoms with E-state index in [0.717, 1.165) is 30.2 Å². The van der Waals surface area contributed by atoms with Gasteiger partial charge in [0.1, 0.15) is 5.75 Å². The number of fused-ring (bicyclic) bond motifs is 1. The summed E-state index contributed by atoms with van der Waals surface area (Å²) >= 11 is 0. The summed E-state index contributed by atoms with van der Waals surface area (Å²) in [7, 11) is 4.13. The Bertz CT molecular complexity index is 975. The summed E-state index contributed by atoms with van der Waals surface area (Å²) in [5, 5.41) is 7.28. The molecule has 2 heterocycles. The minimum Gasteiger partial charge on any atom is -1.00 e. The molecule has 0 spiro atoms. The molecule has 0 radical (unpaired) electrons. The maximum absolute atomic E-state index is 5.99. The Balaban J connectivity index is 0.00000150. The molecule has 0 saturated heterocycles. The molecule has 1 aliphatic rings. The average molecular weight is 524 g/mol. The second kappa shape index (κ2) is 10.4. The number of aryl methyl sites for hydroxylation is 2. The van der Waals surface area contributed by atoms with Crippen LogP contribution in [0.1, 0.15) is 11.4 Å². The molecule has 9 heteroatoms. The number of aromatic nitrogens is 2. The highest BCUT2D eigenvalue weighted by molar-refractivity contribution is 8.93. The summed E-state index contributed by atoms with van der Waals surface area (Å²) in [5.74, 6) is 2.65. The van der Waals surface area contributed by atoms with Crippen molar-refractivity contribution in [2.24, 2.45) is 24.2 Å². The van der Waals surface area contributed by atoms with E-state index in [9.17, 15) is 0 Å². The fourth-order valence-electron chi connectivity index (χ4n) is 3.17. The standard InChI is InChI=1S/C20H23N6O.2BrH/c1-25-17-5-3-4-6-18(17)26(2)19(25)14-27-16-9-7-15(8-10-16)13-23-24-20-21-11-12-22-20;;/h3-10,13H,11-12,14H2,1-2H3,(H2,21,22,24);2*1H/q+1;;/p-1/b23-13+;;. The average Bonchev–Trinajstić information content (AvgIpc) is 3.30. The molecular weight excluding hydrogens is 500 g/mol. The number of benzene rings is 2. The number of halogens is 2. The lowest BCUT2D eigenvalue weighted by Gasteiger charge is -2.05. The van der Waals surface area contributed by atoms with Crippen LogP contribution in [0.3, 0.4) is 0 Å². The minimum absolute atomic E-state index is 0. The Hall–Kier alpha value is -2.39. The zero-order chi connectivity index (χ0) is 18.6. The van der Waals surface area contributed by atoms with E-state index in [1.165, 1.54) is 11.0 Å². The van der Waals surface area contributed by atoms with Gasteiger partial charge in [0, 0.05) is 6.54 Å². The number of guanidine groups is 1. The minimum atomic E-state index is 0. The van der Waals surface area contributed by atoms with Crippen LogP contribution in [0.2, 0.25) is 0 Å². The lowest BCUT2D eigenvalue weighted by Crippen LogP contribution is -3.00. The van der Waals surface area contributed by atoms with E-state index in [1.807, 2.05) is 24.3 Å². The topological polar surface area (TPSA) is 66.8 Å². The Kier molecular flexibility index (Phi) is 8.21. The summed E-state index contributed by atoms with van der Waals surface area (Å²) in [6.45, 7) is 2.15. The number of nitrogens with zero attached hydrogens (tertiary/aromatic N) is 4. The van der Waals surface area contributed by atoms with Crippen LogP contribution >= 0.6 is 17.0 Å². The van der Waals surface area contributed by atoms with E-state index < -0.39 is 0 Å². The smallest absolute Gasteiger partial charge is 0.295 e. The van der Waals surface area contributed by atoms with Gasteiger partial charge in [-0.3, -0.25) is 0 Å². The summed E-state index contributed by atoms with van der Waals surface area (Å²) < 4.78 is 10.3. The summed E-state index contributed by atoms with van der Waals surface area (Å²) in [6, 6.07) is 16.2. The molecule has 1 aliphatic heterocycles. The van der Waals surface area contributed by atoms with Crippen molar-refractivity contribution in [1.29, 1.82) is 0 Å². The Morgan fingerprint density at radius 1 is 1.24 bits per heavy atom. The molecular formula is C20H24Br2N6O. The number of aliphatic imine (C=N–C) groups is 1. The fourth-order valence-corrected chi connectivity index (χ4v) is 3.17. The molecule has 0 amide bonds. The SMILES string of the molecule is Br.Cn1c(COc2ccc(/C=N/NC3=NCCN3)cc2)[n+](C)c2ccccc21.[Br-]. The molecule has 0 bridgehead atoms. The molecule has 7 nitrogen and oxygen atoms in total. The first-order valence-electron chi connectivity index (χ1n) is 8.95. The van der Waals surface area contributed by atoms with Gasteiger partial charge in [-0.25, -0.2) is 19.6 Å². The zero-order valence-electron chi connectivity index (χ0n) is 16.3. The van der Waals surface area contributed by atoms with Crippen molar-refractivity contribution < 1.29 is 26.3 Å². The van der Waals surface area contributed by atoms with Gasteiger partial charge in [0.05, 0.1) is 26.9 Å². The summed E-state index contributed by atoms with van der Waals surface area (Å²) in [5.41, 5.74) is 6.26. The molecule has 1 aromatic heterocycles. The van der Waals surface area contributed by atoms with Crippen LogP contribution < -0.4 is 37.0 Å². The predicted octanol–water partition coefficient (Wildman–Crippen LogP) is -0.954. The number of nitrogens with one attached hydrogen (secondary N) is 2. The van der Waals surface area contributed by atoms with Gasteiger partial charge in [-0.05, 0) is 42.0 Å². The van der Waals surface area contributed by atoms with Crippen LogP contribution in [0.15, 0.2) is 58.6 Å². The van der Waals surface area contributed by atoms with Gasteiger partial charge in [-0.2, -0.15) is 5.10 Å². The summed E-state index contributed by atoms with van der Waals surface area (Å²) in [4.78, 5) is 4.22. The third-order valence-corrected chi connectivity index (χ3v) is 4.69. The van der Waals surface area contributed by atoms with Gasteiger partial charge in [0.15, 0.2) is 17.6 Å². The van der Waals surface area contributed by atoms with Crippen molar-refractivity contribution in [3.63, 3.8) is 0 Å². The number of imidazole rings is 1. The van der Waals surface area contributed by atoms with E-state index in [1.54, 1.807) is 6.21 Å². The largest absolute Gasteiger partial charge is 1.00 e. The second-order valence-electron chi connectivity index (χ2n) is 6.41. The molecule has 0 saturated carbocycles. The molecule has 0 atom stereocenters. The molecule has 0 fully saturated rings. The first kappa shape index (κ1) is 22.9. The van der Waals surface area contributed by atoms with Gasteiger partial charge in [0.2, 0.25) is 5.96 Å². The highest BCUT2D eigenvalue weighted by atomic mass is 79.9.